The number of aromatic nitrogens is 1. The van der Waals surface area contributed by atoms with Crippen molar-refractivity contribution in [1.29, 1.82) is 0 Å². The van der Waals surface area contributed by atoms with Crippen molar-refractivity contribution in [2.24, 2.45) is 0 Å². The Labute approximate surface area is 168 Å². The van der Waals surface area contributed by atoms with Gasteiger partial charge in [-0.25, -0.2) is 18.6 Å². The summed E-state index contributed by atoms with van der Waals surface area (Å²) in [5, 5.41) is 8.98. The molecule has 0 bridgehead atoms. The van der Waals surface area contributed by atoms with Crippen molar-refractivity contribution in [1.82, 2.24) is 4.98 Å². The predicted octanol–water partition coefficient (Wildman–Crippen LogP) is 3.90. The molecular formula is C19H12F3NO6S. The molecule has 2 aromatic carbocycles. The van der Waals surface area contributed by atoms with E-state index in [-0.39, 0.29) is 33.9 Å². The highest BCUT2D eigenvalue weighted by molar-refractivity contribution is 7.81. The molecule has 0 aliphatic heterocycles. The normalized spacial score (nSPS) is 11.2. The number of carbonyl (C=O) groups is 1. The van der Waals surface area contributed by atoms with Gasteiger partial charge in [-0.1, -0.05) is 3.89 Å². The van der Waals surface area contributed by atoms with Crippen LogP contribution in [0.2, 0.25) is 0 Å². The van der Waals surface area contributed by atoms with Crippen LogP contribution in [0.15, 0.2) is 54.7 Å². The van der Waals surface area contributed by atoms with Gasteiger partial charge in [-0.3, -0.25) is 0 Å². The van der Waals surface area contributed by atoms with Gasteiger partial charge in [0.05, 0.1) is 5.56 Å². The van der Waals surface area contributed by atoms with Crippen LogP contribution in [-0.4, -0.2) is 24.5 Å². The highest BCUT2D eigenvalue weighted by Crippen LogP contribution is 2.26. The SMILES string of the molecule is O=C(O)c1cc(-c2cc(F)c(COc3ccc(OS(=O)(=O)F)cc3)c(F)c2)ccn1. The van der Waals surface area contributed by atoms with Crippen LogP contribution in [-0.2, 0) is 17.1 Å². The first-order valence-corrected chi connectivity index (χ1v) is 9.48. The molecule has 7 nitrogen and oxygen atoms in total. The predicted molar refractivity (Wildman–Crippen MR) is 98.0 cm³/mol. The minimum atomic E-state index is -5.17. The van der Waals surface area contributed by atoms with Gasteiger partial charge in [0.1, 0.15) is 35.4 Å². The largest absolute Gasteiger partial charge is 0.489 e. The van der Waals surface area contributed by atoms with E-state index in [2.05, 4.69) is 9.17 Å². The fraction of sp³-hybridized carbons (Fsp3) is 0.0526. The van der Waals surface area contributed by atoms with Gasteiger partial charge in [0.2, 0.25) is 0 Å². The number of aromatic carboxylic acids is 1. The molecule has 1 aromatic heterocycles. The third-order valence-corrected chi connectivity index (χ3v) is 4.25. The van der Waals surface area contributed by atoms with Crippen LogP contribution in [0.3, 0.4) is 0 Å². The second-order valence-electron chi connectivity index (χ2n) is 5.89. The van der Waals surface area contributed by atoms with Crippen molar-refractivity contribution >= 4 is 16.5 Å². The topological polar surface area (TPSA) is 103 Å². The molecule has 11 heteroatoms. The van der Waals surface area contributed by atoms with E-state index in [1.807, 2.05) is 0 Å². The number of nitrogens with zero attached hydrogens (tertiary/aromatic N) is 1. The quantitative estimate of drug-likeness (QED) is 0.557. The van der Waals surface area contributed by atoms with Gasteiger partial charge >= 0.3 is 16.5 Å². The first-order valence-electron chi connectivity index (χ1n) is 8.17. The zero-order valence-electron chi connectivity index (χ0n) is 14.9. The van der Waals surface area contributed by atoms with E-state index in [9.17, 15) is 25.9 Å². The fourth-order valence-electron chi connectivity index (χ4n) is 2.50. The minimum Gasteiger partial charge on any atom is -0.489 e. The molecule has 156 valence electrons. The molecule has 0 amide bonds. The smallest absolute Gasteiger partial charge is 0.488 e. The van der Waals surface area contributed by atoms with E-state index in [0.717, 1.165) is 24.3 Å². The number of ether oxygens (including phenoxy) is 1. The molecule has 0 fully saturated rings. The maximum absolute atomic E-state index is 14.4. The Kier molecular flexibility index (Phi) is 5.92. The Balaban J connectivity index is 1.76. The van der Waals surface area contributed by atoms with Gasteiger partial charge in [-0.15, -0.1) is 0 Å². The lowest BCUT2D eigenvalue weighted by Crippen LogP contribution is -2.04. The average Bonchev–Trinajstić information content (AvgIpc) is 2.67. The van der Waals surface area contributed by atoms with Crippen LogP contribution in [0.1, 0.15) is 16.1 Å². The lowest BCUT2D eigenvalue weighted by Gasteiger charge is -2.11. The van der Waals surface area contributed by atoms with Gasteiger partial charge < -0.3 is 14.0 Å². The summed E-state index contributed by atoms with van der Waals surface area (Å²) < 4.78 is 71.4. The summed E-state index contributed by atoms with van der Waals surface area (Å²) in [5.41, 5.74) is -0.259. The number of halogens is 3. The van der Waals surface area contributed by atoms with Crippen LogP contribution >= 0.6 is 0 Å². The standard InChI is InChI=1S/C19H12F3NO6S/c20-16-7-12(11-5-6-23-18(9-11)19(24)25)8-17(21)15(16)10-28-13-1-3-14(4-2-13)29-30(22,26)27/h1-9H,10H2,(H,24,25). The molecule has 0 saturated carbocycles. The van der Waals surface area contributed by atoms with E-state index in [1.54, 1.807) is 0 Å². The molecule has 0 unspecified atom stereocenters. The molecule has 0 spiro atoms. The van der Waals surface area contributed by atoms with Gasteiger partial charge in [0.15, 0.2) is 0 Å². The van der Waals surface area contributed by atoms with E-state index in [4.69, 9.17) is 9.84 Å². The van der Waals surface area contributed by atoms with Gasteiger partial charge in [-0.05, 0) is 59.7 Å². The first-order chi connectivity index (χ1) is 14.1. The highest BCUT2D eigenvalue weighted by atomic mass is 32.3. The summed E-state index contributed by atoms with van der Waals surface area (Å²) in [5.74, 6) is -3.28. The Morgan fingerprint density at radius 2 is 1.57 bits per heavy atom. The molecule has 0 saturated heterocycles. The van der Waals surface area contributed by atoms with Gasteiger partial charge in [0, 0.05) is 6.20 Å². The number of hydrogen-bond acceptors (Lipinski definition) is 6. The van der Waals surface area contributed by atoms with E-state index in [1.165, 1.54) is 30.5 Å². The van der Waals surface area contributed by atoms with Crippen molar-refractivity contribution in [3.63, 3.8) is 0 Å². The number of hydrogen-bond donors (Lipinski definition) is 1. The Morgan fingerprint density at radius 1 is 0.967 bits per heavy atom. The van der Waals surface area contributed by atoms with Gasteiger partial charge in [0.25, 0.3) is 0 Å². The Hall–Kier alpha value is -3.60. The van der Waals surface area contributed by atoms with Crippen molar-refractivity contribution in [2.45, 2.75) is 6.61 Å². The average molecular weight is 439 g/mol. The molecule has 0 aliphatic carbocycles. The maximum Gasteiger partial charge on any atom is 0.488 e. The third kappa shape index (κ3) is 5.26. The molecule has 1 heterocycles. The zero-order chi connectivity index (χ0) is 21.9. The molecule has 3 rings (SSSR count). The molecular weight excluding hydrogens is 427 g/mol. The maximum atomic E-state index is 14.4. The number of rotatable bonds is 7. The van der Waals surface area contributed by atoms with E-state index < -0.39 is 34.7 Å². The summed E-state index contributed by atoms with van der Waals surface area (Å²) in [6.45, 7) is -0.490. The molecule has 0 atom stereocenters. The molecule has 0 radical (unpaired) electrons. The van der Waals surface area contributed by atoms with Crippen molar-refractivity contribution < 1.29 is 39.9 Å². The van der Waals surface area contributed by atoms with E-state index >= 15 is 0 Å². The second-order valence-corrected chi connectivity index (χ2v) is 6.84. The summed E-state index contributed by atoms with van der Waals surface area (Å²) in [6, 6.07) is 9.34. The van der Waals surface area contributed by atoms with Crippen molar-refractivity contribution in [2.75, 3.05) is 0 Å². The van der Waals surface area contributed by atoms with Crippen LogP contribution in [0.5, 0.6) is 11.5 Å². The lowest BCUT2D eigenvalue weighted by atomic mass is 10.0. The zero-order valence-corrected chi connectivity index (χ0v) is 15.7. The summed E-state index contributed by atoms with van der Waals surface area (Å²) in [6.07, 6.45) is 1.22. The number of carboxylic acids is 1. The van der Waals surface area contributed by atoms with Gasteiger partial charge in [-0.2, -0.15) is 8.42 Å². The minimum absolute atomic E-state index is 0.118. The summed E-state index contributed by atoms with van der Waals surface area (Å²) in [7, 11) is -5.17. The third-order valence-electron chi connectivity index (χ3n) is 3.86. The number of carboxylic acid groups (broad SMARTS) is 1. The number of benzene rings is 2. The van der Waals surface area contributed by atoms with Crippen molar-refractivity contribution in [3.05, 3.63) is 77.6 Å². The summed E-state index contributed by atoms with van der Waals surface area (Å²) in [4.78, 5) is 14.6. The number of pyridine rings is 1. The second kappa shape index (κ2) is 8.41. The van der Waals surface area contributed by atoms with Crippen LogP contribution in [0.25, 0.3) is 11.1 Å². The molecule has 3 aromatic rings. The fourth-order valence-corrected chi connectivity index (χ4v) is 2.84. The Bertz CT molecular complexity index is 1180. The van der Waals surface area contributed by atoms with E-state index in [0.29, 0.717) is 0 Å². The molecule has 30 heavy (non-hydrogen) atoms. The highest BCUT2D eigenvalue weighted by Gasteiger charge is 2.15. The Morgan fingerprint density at radius 3 is 2.13 bits per heavy atom. The van der Waals surface area contributed by atoms with Crippen LogP contribution < -0.4 is 8.92 Å². The molecule has 1 N–H and O–H groups in total. The van der Waals surface area contributed by atoms with Crippen LogP contribution in [0, 0.1) is 11.6 Å². The lowest BCUT2D eigenvalue weighted by molar-refractivity contribution is 0.0690. The van der Waals surface area contributed by atoms with Crippen molar-refractivity contribution in [3.8, 4) is 22.6 Å². The first kappa shape index (κ1) is 21.1. The molecule has 0 aliphatic rings. The summed E-state index contributed by atoms with van der Waals surface area (Å²) >= 11 is 0. The monoisotopic (exact) mass is 439 g/mol. The van der Waals surface area contributed by atoms with Crippen LogP contribution in [0.4, 0.5) is 12.7 Å².